The predicted molar refractivity (Wildman–Crippen MR) is 72.8 cm³/mol. The highest BCUT2D eigenvalue weighted by Gasteiger charge is 2.53. The molecule has 1 aliphatic carbocycles. The van der Waals surface area contributed by atoms with Crippen LogP contribution in [0.1, 0.15) is 24.8 Å². The summed E-state index contributed by atoms with van der Waals surface area (Å²) in [6.07, 6.45) is 3.13. The van der Waals surface area contributed by atoms with Crippen molar-refractivity contribution in [2.75, 3.05) is 6.54 Å². The summed E-state index contributed by atoms with van der Waals surface area (Å²) in [7, 11) is 0. The van der Waals surface area contributed by atoms with E-state index in [1.165, 1.54) is 5.56 Å². The lowest BCUT2D eigenvalue weighted by molar-refractivity contribution is -0.124. The SMILES string of the molecule is N/C(=N/O)C1(C(=O)NCCCc2ccccc2)CC1. The van der Waals surface area contributed by atoms with Crippen molar-refractivity contribution in [3.8, 4) is 0 Å². The lowest BCUT2D eigenvalue weighted by atomic mass is 10.0. The molecule has 1 aromatic rings. The molecule has 0 heterocycles. The van der Waals surface area contributed by atoms with Crippen LogP contribution in [-0.2, 0) is 11.2 Å². The van der Waals surface area contributed by atoms with E-state index in [1.807, 2.05) is 18.2 Å². The fourth-order valence-corrected chi connectivity index (χ4v) is 2.13. The highest BCUT2D eigenvalue weighted by molar-refractivity contribution is 6.09. The average molecular weight is 261 g/mol. The Balaban J connectivity index is 1.73. The van der Waals surface area contributed by atoms with Crippen molar-refractivity contribution in [3.05, 3.63) is 35.9 Å². The Morgan fingerprint density at radius 2 is 2.05 bits per heavy atom. The van der Waals surface area contributed by atoms with Gasteiger partial charge in [-0.15, -0.1) is 0 Å². The summed E-state index contributed by atoms with van der Waals surface area (Å²) in [4.78, 5) is 12.0. The summed E-state index contributed by atoms with van der Waals surface area (Å²) in [6, 6.07) is 10.1. The van der Waals surface area contributed by atoms with Crippen molar-refractivity contribution >= 4 is 11.7 Å². The summed E-state index contributed by atoms with van der Waals surface area (Å²) < 4.78 is 0. The first kappa shape index (κ1) is 13.4. The maximum absolute atomic E-state index is 12.0. The Morgan fingerprint density at radius 1 is 1.37 bits per heavy atom. The molecule has 0 aromatic heterocycles. The number of benzene rings is 1. The fourth-order valence-electron chi connectivity index (χ4n) is 2.13. The maximum atomic E-state index is 12.0. The van der Waals surface area contributed by atoms with Gasteiger partial charge in [0.05, 0.1) is 0 Å². The zero-order valence-corrected chi connectivity index (χ0v) is 10.8. The molecule has 4 N–H and O–H groups in total. The first-order chi connectivity index (χ1) is 9.19. The van der Waals surface area contributed by atoms with Crippen LogP contribution in [0.4, 0.5) is 0 Å². The summed E-state index contributed by atoms with van der Waals surface area (Å²) in [6.45, 7) is 0.605. The van der Waals surface area contributed by atoms with Crippen molar-refractivity contribution in [3.63, 3.8) is 0 Å². The maximum Gasteiger partial charge on any atom is 0.233 e. The lowest BCUT2D eigenvalue weighted by Gasteiger charge is -2.13. The molecule has 1 saturated carbocycles. The molecule has 0 atom stereocenters. The number of nitrogens with one attached hydrogen (secondary N) is 1. The number of oxime groups is 1. The van der Waals surface area contributed by atoms with E-state index in [-0.39, 0.29) is 11.7 Å². The topological polar surface area (TPSA) is 87.7 Å². The third kappa shape index (κ3) is 3.05. The standard InChI is InChI=1S/C14H19N3O2/c15-12(17-19)14(8-9-14)13(18)16-10-4-7-11-5-2-1-3-6-11/h1-3,5-6,19H,4,7-10H2,(H2,15,17)(H,16,18). The Kier molecular flexibility index (Phi) is 4.04. The van der Waals surface area contributed by atoms with Crippen molar-refractivity contribution in [1.82, 2.24) is 5.32 Å². The van der Waals surface area contributed by atoms with Crippen molar-refractivity contribution in [2.45, 2.75) is 25.7 Å². The van der Waals surface area contributed by atoms with Crippen LogP contribution in [0.25, 0.3) is 0 Å². The van der Waals surface area contributed by atoms with Gasteiger partial charge < -0.3 is 16.3 Å². The minimum absolute atomic E-state index is 0.0214. The third-order valence-electron chi connectivity index (χ3n) is 3.55. The molecule has 0 radical (unpaired) electrons. The van der Waals surface area contributed by atoms with Crippen LogP contribution < -0.4 is 11.1 Å². The summed E-state index contributed by atoms with van der Waals surface area (Å²) >= 11 is 0. The van der Waals surface area contributed by atoms with Gasteiger partial charge in [0.15, 0.2) is 5.84 Å². The van der Waals surface area contributed by atoms with Crippen LogP contribution in [0, 0.1) is 5.41 Å². The van der Waals surface area contributed by atoms with Gasteiger partial charge in [-0.25, -0.2) is 0 Å². The van der Waals surface area contributed by atoms with Crippen LogP contribution in [0.2, 0.25) is 0 Å². The molecule has 0 saturated heterocycles. The number of aryl methyl sites for hydroxylation is 1. The molecule has 0 spiro atoms. The minimum Gasteiger partial charge on any atom is -0.409 e. The minimum atomic E-state index is -0.749. The van der Waals surface area contributed by atoms with E-state index in [4.69, 9.17) is 10.9 Å². The number of hydrogen-bond acceptors (Lipinski definition) is 3. The van der Waals surface area contributed by atoms with Gasteiger partial charge >= 0.3 is 0 Å². The van der Waals surface area contributed by atoms with E-state index in [0.29, 0.717) is 19.4 Å². The number of amides is 1. The number of hydrogen-bond donors (Lipinski definition) is 3. The molecule has 5 heteroatoms. The number of amidine groups is 1. The normalized spacial score (nSPS) is 16.9. The Labute approximate surface area is 112 Å². The van der Waals surface area contributed by atoms with Crippen molar-refractivity contribution < 1.29 is 10.0 Å². The van der Waals surface area contributed by atoms with Gasteiger partial charge in [0.2, 0.25) is 5.91 Å². The zero-order chi connectivity index (χ0) is 13.7. The molecule has 0 aliphatic heterocycles. The van der Waals surface area contributed by atoms with Gasteiger partial charge in [-0.05, 0) is 31.2 Å². The molecule has 1 aromatic carbocycles. The molecular weight excluding hydrogens is 242 g/mol. The monoisotopic (exact) mass is 261 g/mol. The van der Waals surface area contributed by atoms with Crippen molar-refractivity contribution in [2.24, 2.45) is 16.3 Å². The summed E-state index contributed by atoms with van der Waals surface area (Å²) in [5.74, 6) is -0.107. The van der Waals surface area contributed by atoms with Crippen LogP contribution in [0.15, 0.2) is 35.5 Å². The average Bonchev–Trinajstić information content (AvgIpc) is 3.25. The van der Waals surface area contributed by atoms with E-state index < -0.39 is 5.41 Å². The molecule has 1 fully saturated rings. The molecule has 0 bridgehead atoms. The Hall–Kier alpha value is -2.04. The second-order valence-corrected chi connectivity index (χ2v) is 4.91. The summed E-state index contributed by atoms with van der Waals surface area (Å²) in [5.41, 5.74) is 6.06. The van der Waals surface area contributed by atoms with E-state index in [2.05, 4.69) is 22.6 Å². The Bertz CT molecular complexity index is 467. The largest absolute Gasteiger partial charge is 0.409 e. The van der Waals surface area contributed by atoms with Gasteiger partial charge in [-0.2, -0.15) is 0 Å². The van der Waals surface area contributed by atoms with Gasteiger partial charge in [0.25, 0.3) is 0 Å². The van der Waals surface area contributed by atoms with Crippen LogP contribution in [0.3, 0.4) is 0 Å². The molecule has 19 heavy (non-hydrogen) atoms. The van der Waals surface area contributed by atoms with Gasteiger partial charge in [0.1, 0.15) is 5.41 Å². The zero-order valence-electron chi connectivity index (χ0n) is 10.8. The second-order valence-electron chi connectivity index (χ2n) is 4.91. The lowest BCUT2D eigenvalue weighted by Crippen LogP contribution is -2.41. The van der Waals surface area contributed by atoms with Crippen LogP contribution in [-0.4, -0.2) is 23.5 Å². The molecule has 5 nitrogen and oxygen atoms in total. The van der Waals surface area contributed by atoms with Crippen molar-refractivity contribution in [1.29, 1.82) is 0 Å². The van der Waals surface area contributed by atoms with Gasteiger partial charge in [-0.3, -0.25) is 4.79 Å². The molecule has 1 amide bonds. The molecular formula is C14H19N3O2. The fraction of sp³-hybridized carbons (Fsp3) is 0.429. The number of nitrogens with zero attached hydrogens (tertiary/aromatic N) is 1. The van der Waals surface area contributed by atoms with E-state index >= 15 is 0 Å². The predicted octanol–water partition coefficient (Wildman–Crippen LogP) is 1.26. The molecule has 0 unspecified atom stereocenters. The quantitative estimate of drug-likeness (QED) is 0.237. The van der Waals surface area contributed by atoms with E-state index in [9.17, 15) is 4.79 Å². The van der Waals surface area contributed by atoms with E-state index in [1.54, 1.807) is 0 Å². The first-order valence-electron chi connectivity index (χ1n) is 6.49. The van der Waals surface area contributed by atoms with Crippen LogP contribution in [0.5, 0.6) is 0 Å². The van der Waals surface area contributed by atoms with Crippen LogP contribution >= 0.6 is 0 Å². The molecule has 2 rings (SSSR count). The Morgan fingerprint density at radius 3 is 2.63 bits per heavy atom. The van der Waals surface area contributed by atoms with Gasteiger partial charge in [0, 0.05) is 6.54 Å². The molecule has 1 aliphatic rings. The number of carbonyl (C=O) groups is 1. The second kappa shape index (κ2) is 5.73. The van der Waals surface area contributed by atoms with E-state index in [0.717, 1.165) is 12.8 Å². The summed E-state index contributed by atoms with van der Waals surface area (Å²) in [5, 5.41) is 14.5. The number of nitrogens with two attached hydrogens (primary N) is 1. The number of carbonyl (C=O) groups excluding carboxylic acids is 1. The highest BCUT2D eigenvalue weighted by Crippen LogP contribution is 2.45. The highest BCUT2D eigenvalue weighted by atomic mass is 16.4. The molecule has 102 valence electrons. The van der Waals surface area contributed by atoms with Gasteiger partial charge in [-0.1, -0.05) is 35.5 Å². The first-order valence-corrected chi connectivity index (χ1v) is 6.49. The number of rotatable bonds is 6. The smallest absolute Gasteiger partial charge is 0.233 e. The third-order valence-corrected chi connectivity index (χ3v) is 3.55.